The molecule has 0 aromatic heterocycles. The molecule has 32 heavy (non-hydrogen) atoms. The summed E-state index contributed by atoms with van der Waals surface area (Å²) in [5, 5.41) is 2.51. The number of hydrogen-bond acceptors (Lipinski definition) is 9. The molecule has 0 bridgehead atoms. The van der Waals surface area contributed by atoms with Crippen LogP contribution in [0.2, 0.25) is 0 Å². The van der Waals surface area contributed by atoms with Gasteiger partial charge in [0.2, 0.25) is 0 Å². The molecule has 0 radical (unpaired) electrons. The fraction of sp³-hybridized carbons (Fsp3) is 0.545. The normalized spacial score (nSPS) is 20.1. The van der Waals surface area contributed by atoms with E-state index in [1.54, 1.807) is 26.2 Å². The first-order valence-electron chi connectivity index (χ1n) is 9.99. The molecule has 2 rings (SSSR count). The molecule has 1 heterocycles. The summed E-state index contributed by atoms with van der Waals surface area (Å²) in [5.41, 5.74) is 0.356. The summed E-state index contributed by atoms with van der Waals surface area (Å²) in [4.78, 5) is 23.2. The molecule has 1 fully saturated rings. The zero-order chi connectivity index (χ0) is 23.7. The Morgan fingerprint density at radius 2 is 1.69 bits per heavy atom. The fourth-order valence-electron chi connectivity index (χ4n) is 2.87. The molecule has 1 saturated heterocycles. The topological polar surface area (TPSA) is 111 Å². The Kier molecular flexibility index (Phi) is 9.15. The second-order valence-electron chi connectivity index (χ2n) is 7.63. The maximum absolute atomic E-state index is 11.9. The van der Waals surface area contributed by atoms with Crippen LogP contribution in [-0.4, -0.2) is 66.4 Å². The van der Waals surface area contributed by atoms with Gasteiger partial charge in [-0.1, -0.05) is 13.5 Å². The molecule has 0 unspecified atom stereocenters. The summed E-state index contributed by atoms with van der Waals surface area (Å²) in [7, 11) is 4.63. The molecule has 0 spiro atoms. The summed E-state index contributed by atoms with van der Waals surface area (Å²) < 4.78 is 38.2. The van der Waals surface area contributed by atoms with E-state index in [0.29, 0.717) is 28.4 Å². The lowest BCUT2D eigenvalue weighted by atomic mass is 9.93. The second kappa shape index (κ2) is 11.6. The van der Waals surface area contributed by atoms with Gasteiger partial charge >= 0.3 is 12.1 Å². The summed E-state index contributed by atoms with van der Waals surface area (Å²) >= 11 is 0. The molecule has 0 atom stereocenters. The van der Waals surface area contributed by atoms with Crippen molar-refractivity contribution in [2.45, 2.75) is 20.1 Å². The summed E-state index contributed by atoms with van der Waals surface area (Å²) in [5.74, 6) is 1.09. The lowest BCUT2D eigenvalue weighted by Crippen LogP contribution is -2.42. The van der Waals surface area contributed by atoms with Gasteiger partial charge in [-0.15, -0.1) is 0 Å². The monoisotopic (exact) mass is 453 g/mol. The van der Waals surface area contributed by atoms with Crippen LogP contribution in [0.15, 0.2) is 24.3 Å². The van der Waals surface area contributed by atoms with E-state index >= 15 is 0 Å². The van der Waals surface area contributed by atoms with Gasteiger partial charge in [0.05, 0.1) is 46.7 Å². The lowest BCUT2D eigenvalue weighted by molar-refractivity contribution is -0.237. The van der Waals surface area contributed by atoms with Crippen LogP contribution in [0.5, 0.6) is 17.2 Å². The number of ether oxygens (including phenoxy) is 7. The van der Waals surface area contributed by atoms with E-state index in [2.05, 4.69) is 11.9 Å². The van der Waals surface area contributed by atoms with Crippen molar-refractivity contribution in [2.75, 3.05) is 54.3 Å². The van der Waals surface area contributed by atoms with E-state index < -0.39 is 23.8 Å². The highest BCUT2D eigenvalue weighted by Gasteiger charge is 2.37. The lowest BCUT2D eigenvalue weighted by Gasteiger charge is -2.37. The number of benzene rings is 1. The van der Waals surface area contributed by atoms with Gasteiger partial charge in [0.25, 0.3) is 0 Å². The van der Waals surface area contributed by atoms with Crippen molar-refractivity contribution in [3.8, 4) is 17.2 Å². The third-order valence-electron chi connectivity index (χ3n) is 4.66. The van der Waals surface area contributed by atoms with Crippen LogP contribution >= 0.6 is 0 Å². The van der Waals surface area contributed by atoms with Gasteiger partial charge in [-0.05, 0) is 6.92 Å². The molecular weight excluding hydrogens is 422 g/mol. The Balaban J connectivity index is 1.86. The van der Waals surface area contributed by atoms with Gasteiger partial charge in [0, 0.05) is 23.1 Å². The van der Waals surface area contributed by atoms with E-state index in [0.717, 1.165) is 0 Å². The van der Waals surface area contributed by atoms with E-state index in [1.165, 1.54) is 14.2 Å². The number of rotatable bonds is 10. The minimum atomic E-state index is -0.712. The van der Waals surface area contributed by atoms with E-state index in [1.807, 2.05) is 6.92 Å². The van der Waals surface area contributed by atoms with Crippen LogP contribution in [-0.2, 0) is 23.7 Å². The Labute approximate surface area is 187 Å². The maximum Gasteiger partial charge on any atom is 0.407 e. The van der Waals surface area contributed by atoms with Crippen LogP contribution < -0.4 is 19.5 Å². The van der Waals surface area contributed by atoms with Crippen molar-refractivity contribution in [1.29, 1.82) is 0 Å². The summed E-state index contributed by atoms with van der Waals surface area (Å²) in [6.45, 7) is 7.69. The zero-order valence-corrected chi connectivity index (χ0v) is 19.1. The van der Waals surface area contributed by atoms with Crippen molar-refractivity contribution in [1.82, 2.24) is 5.32 Å². The van der Waals surface area contributed by atoms with Crippen LogP contribution in [0.1, 0.15) is 25.7 Å². The maximum atomic E-state index is 11.9. The number of alkyl carbamates (subject to hydrolysis) is 1. The average Bonchev–Trinajstić information content (AvgIpc) is 2.80. The molecule has 0 saturated carbocycles. The Hall–Kier alpha value is -2.98. The van der Waals surface area contributed by atoms with Crippen molar-refractivity contribution in [3.05, 3.63) is 29.8 Å². The van der Waals surface area contributed by atoms with Gasteiger partial charge < -0.3 is 38.5 Å². The summed E-state index contributed by atoms with van der Waals surface area (Å²) in [6.07, 6.45) is -1.34. The van der Waals surface area contributed by atoms with Gasteiger partial charge in [0.1, 0.15) is 30.5 Å². The molecule has 178 valence electrons. The van der Waals surface area contributed by atoms with E-state index in [4.69, 9.17) is 33.2 Å². The first-order chi connectivity index (χ1) is 15.2. The number of esters is 1. The Morgan fingerprint density at radius 1 is 1.09 bits per heavy atom. The van der Waals surface area contributed by atoms with Gasteiger partial charge in [0.15, 0.2) is 6.29 Å². The first kappa shape index (κ1) is 25.3. The molecular formula is C22H31NO9. The number of methoxy groups -OCH3 is 3. The largest absolute Gasteiger partial charge is 0.496 e. The van der Waals surface area contributed by atoms with Gasteiger partial charge in [-0.2, -0.15) is 0 Å². The SMILES string of the molecule is C=C(C)C(=O)OCCNC(=O)OCC1(C)COC(c2c(OC)cc(OC)cc2OC)OC1. The van der Waals surface area contributed by atoms with Crippen molar-refractivity contribution >= 4 is 12.1 Å². The minimum absolute atomic E-state index is 0.0253. The second-order valence-corrected chi connectivity index (χ2v) is 7.63. The van der Waals surface area contributed by atoms with Crippen molar-refractivity contribution in [2.24, 2.45) is 5.41 Å². The first-order valence-corrected chi connectivity index (χ1v) is 9.99. The number of amides is 1. The molecule has 10 heteroatoms. The number of nitrogens with one attached hydrogen (secondary N) is 1. The standard InChI is InChI=1S/C22H31NO9/c1-14(2)19(24)29-8-7-23-21(25)32-13-22(3)11-30-20(31-12-22)18-16(27-5)9-15(26-4)10-17(18)28-6/h9-10,20H,1,7-8,11-13H2,2-6H3,(H,23,25). The molecule has 1 aromatic rings. The van der Waals surface area contributed by atoms with Gasteiger partial charge in [-0.3, -0.25) is 0 Å². The highest BCUT2D eigenvalue weighted by atomic mass is 16.7. The predicted molar refractivity (Wildman–Crippen MR) is 114 cm³/mol. The molecule has 1 amide bonds. The molecule has 1 N–H and O–H groups in total. The zero-order valence-electron chi connectivity index (χ0n) is 19.1. The third-order valence-corrected chi connectivity index (χ3v) is 4.66. The summed E-state index contributed by atoms with van der Waals surface area (Å²) in [6, 6.07) is 3.44. The Morgan fingerprint density at radius 3 is 2.19 bits per heavy atom. The molecule has 0 aliphatic carbocycles. The van der Waals surface area contributed by atoms with E-state index in [-0.39, 0.29) is 33.0 Å². The van der Waals surface area contributed by atoms with Crippen LogP contribution in [0.3, 0.4) is 0 Å². The van der Waals surface area contributed by atoms with Crippen molar-refractivity contribution < 1.29 is 42.7 Å². The van der Waals surface area contributed by atoms with Crippen LogP contribution in [0.4, 0.5) is 4.79 Å². The molecule has 10 nitrogen and oxygen atoms in total. The number of carbonyl (C=O) groups is 2. The molecule has 1 aliphatic heterocycles. The van der Waals surface area contributed by atoms with Crippen LogP contribution in [0.25, 0.3) is 0 Å². The minimum Gasteiger partial charge on any atom is -0.496 e. The van der Waals surface area contributed by atoms with Crippen LogP contribution in [0, 0.1) is 5.41 Å². The number of carbonyl (C=O) groups excluding carboxylic acids is 2. The van der Waals surface area contributed by atoms with Crippen molar-refractivity contribution in [3.63, 3.8) is 0 Å². The molecule has 1 aromatic carbocycles. The average molecular weight is 453 g/mol. The van der Waals surface area contributed by atoms with Gasteiger partial charge in [-0.25, -0.2) is 9.59 Å². The smallest absolute Gasteiger partial charge is 0.407 e. The van der Waals surface area contributed by atoms with E-state index in [9.17, 15) is 9.59 Å². The highest BCUT2D eigenvalue weighted by Crippen LogP contribution is 2.43. The predicted octanol–water partition coefficient (Wildman–Crippen LogP) is 2.61. The highest BCUT2D eigenvalue weighted by molar-refractivity contribution is 5.86. The fourth-order valence-corrected chi connectivity index (χ4v) is 2.87. The Bertz CT molecular complexity index is 791. The quantitative estimate of drug-likeness (QED) is 0.325. The third kappa shape index (κ3) is 6.76. The number of hydrogen-bond donors (Lipinski definition) is 1. The molecule has 1 aliphatic rings.